The number of nitrogens with zero attached hydrogens (tertiary/aromatic N) is 1. The zero-order valence-electron chi connectivity index (χ0n) is 15.3. The minimum Gasteiger partial charge on any atom is -0.497 e. The van der Waals surface area contributed by atoms with Crippen LogP contribution in [0.3, 0.4) is 0 Å². The SMILES string of the molecule is CCC(CC)(CN)C(=O)NC1CCN(c2cccc(OC)c2)C1.Cl.Cl. The van der Waals surface area contributed by atoms with Crippen molar-refractivity contribution in [1.82, 2.24) is 5.32 Å². The van der Waals surface area contributed by atoms with Crippen LogP contribution in [0, 0.1) is 5.41 Å². The molecule has 1 aliphatic heterocycles. The van der Waals surface area contributed by atoms with Gasteiger partial charge in [0.05, 0.1) is 12.5 Å². The lowest BCUT2D eigenvalue weighted by atomic mass is 9.81. The number of rotatable bonds is 7. The Labute approximate surface area is 163 Å². The largest absolute Gasteiger partial charge is 0.497 e. The molecule has 25 heavy (non-hydrogen) atoms. The van der Waals surface area contributed by atoms with Crippen LogP contribution in [0.4, 0.5) is 5.69 Å². The van der Waals surface area contributed by atoms with Gasteiger partial charge in [-0.15, -0.1) is 24.8 Å². The van der Waals surface area contributed by atoms with Crippen molar-refractivity contribution in [2.45, 2.75) is 39.2 Å². The smallest absolute Gasteiger partial charge is 0.227 e. The summed E-state index contributed by atoms with van der Waals surface area (Å²) in [5, 5.41) is 3.21. The van der Waals surface area contributed by atoms with E-state index in [0.29, 0.717) is 6.54 Å². The maximum atomic E-state index is 12.6. The molecule has 0 radical (unpaired) electrons. The second-order valence-electron chi connectivity index (χ2n) is 6.30. The average molecular weight is 392 g/mol. The Morgan fingerprint density at radius 3 is 2.60 bits per heavy atom. The van der Waals surface area contributed by atoms with Gasteiger partial charge in [-0.1, -0.05) is 19.9 Å². The van der Waals surface area contributed by atoms with Gasteiger partial charge in [0.15, 0.2) is 0 Å². The van der Waals surface area contributed by atoms with Gasteiger partial charge in [-0.25, -0.2) is 0 Å². The van der Waals surface area contributed by atoms with Crippen LogP contribution in [-0.2, 0) is 4.79 Å². The van der Waals surface area contributed by atoms with Gasteiger partial charge >= 0.3 is 0 Å². The van der Waals surface area contributed by atoms with Crippen LogP contribution in [0.1, 0.15) is 33.1 Å². The number of methoxy groups -OCH3 is 1. The van der Waals surface area contributed by atoms with E-state index in [0.717, 1.165) is 43.8 Å². The molecule has 1 aromatic rings. The molecule has 3 N–H and O–H groups in total. The fraction of sp³-hybridized carbons (Fsp3) is 0.611. The quantitative estimate of drug-likeness (QED) is 0.749. The first-order valence-electron chi connectivity index (χ1n) is 8.48. The molecule has 1 saturated heterocycles. The molecule has 0 aromatic heterocycles. The van der Waals surface area contributed by atoms with Crippen LogP contribution in [0.5, 0.6) is 5.75 Å². The average Bonchev–Trinajstić information content (AvgIpc) is 3.05. The minimum atomic E-state index is -0.427. The Morgan fingerprint density at radius 2 is 2.04 bits per heavy atom. The lowest BCUT2D eigenvalue weighted by Crippen LogP contribution is -2.49. The first kappa shape index (κ1) is 23.8. The van der Waals surface area contributed by atoms with Crippen molar-refractivity contribution in [2.75, 3.05) is 31.6 Å². The molecule has 1 fully saturated rings. The molecule has 1 aromatic carbocycles. The van der Waals surface area contributed by atoms with Gasteiger partial charge in [-0.2, -0.15) is 0 Å². The highest BCUT2D eigenvalue weighted by atomic mass is 35.5. The Hall–Kier alpha value is -1.17. The summed E-state index contributed by atoms with van der Waals surface area (Å²) in [6.45, 7) is 6.23. The number of carbonyl (C=O) groups is 1. The highest BCUT2D eigenvalue weighted by Gasteiger charge is 2.35. The normalized spacial score (nSPS) is 16.6. The van der Waals surface area contributed by atoms with E-state index in [-0.39, 0.29) is 36.8 Å². The van der Waals surface area contributed by atoms with Gasteiger partial charge in [0.1, 0.15) is 5.75 Å². The fourth-order valence-electron chi connectivity index (χ4n) is 3.21. The lowest BCUT2D eigenvalue weighted by Gasteiger charge is -2.30. The molecule has 5 nitrogen and oxygen atoms in total. The number of hydrogen-bond donors (Lipinski definition) is 2. The van der Waals surface area contributed by atoms with Gasteiger partial charge in [-0.05, 0) is 31.4 Å². The van der Waals surface area contributed by atoms with Crippen LogP contribution < -0.4 is 20.7 Å². The number of ether oxygens (including phenoxy) is 1. The van der Waals surface area contributed by atoms with Crippen molar-refractivity contribution in [2.24, 2.45) is 11.1 Å². The molecule has 0 aliphatic carbocycles. The number of nitrogens with two attached hydrogens (primary N) is 1. The van der Waals surface area contributed by atoms with Crippen LogP contribution in [0.15, 0.2) is 24.3 Å². The summed E-state index contributed by atoms with van der Waals surface area (Å²) in [5.74, 6) is 0.955. The summed E-state index contributed by atoms with van der Waals surface area (Å²) in [4.78, 5) is 14.9. The molecule has 2 rings (SSSR count). The van der Waals surface area contributed by atoms with Gasteiger partial charge in [0.2, 0.25) is 5.91 Å². The molecule has 1 heterocycles. The molecule has 1 unspecified atom stereocenters. The highest BCUT2D eigenvalue weighted by Crippen LogP contribution is 2.27. The number of nitrogens with one attached hydrogen (secondary N) is 1. The van der Waals surface area contributed by atoms with Crippen molar-refractivity contribution in [1.29, 1.82) is 0 Å². The fourth-order valence-corrected chi connectivity index (χ4v) is 3.21. The third-order valence-corrected chi connectivity index (χ3v) is 5.17. The zero-order valence-corrected chi connectivity index (χ0v) is 16.9. The summed E-state index contributed by atoms with van der Waals surface area (Å²) >= 11 is 0. The Balaban J connectivity index is 0.00000288. The van der Waals surface area contributed by atoms with Gasteiger partial charge < -0.3 is 20.7 Å². The summed E-state index contributed by atoms with van der Waals surface area (Å²) in [6, 6.07) is 8.23. The molecule has 144 valence electrons. The number of halogens is 2. The number of hydrogen-bond acceptors (Lipinski definition) is 4. The maximum absolute atomic E-state index is 12.6. The predicted octanol–water partition coefficient (Wildman–Crippen LogP) is 3.00. The van der Waals surface area contributed by atoms with E-state index in [2.05, 4.69) is 16.3 Å². The van der Waals surface area contributed by atoms with Gasteiger partial charge in [0.25, 0.3) is 0 Å². The summed E-state index contributed by atoms with van der Waals surface area (Å²) in [5.41, 5.74) is 6.58. The monoisotopic (exact) mass is 391 g/mol. The first-order valence-corrected chi connectivity index (χ1v) is 8.48. The van der Waals surface area contributed by atoms with E-state index in [1.807, 2.05) is 32.0 Å². The maximum Gasteiger partial charge on any atom is 0.227 e. The van der Waals surface area contributed by atoms with Crippen LogP contribution in [0.25, 0.3) is 0 Å². The minimum absolute atomic E-state index is 0. The molecule has 1 aliphatic rings. The first-order chi connectivity index (χ1) is 11.1. The van der Waals surface area contributed by atoms with E-state index < -0.39 is 5.41 Å². The summed E-state index contributed by atoms with van der Waals surface area (Å²) in [6.07, 6.45) is 2.51. The van der Waals surface area contributed by atoms with Crippen LogP contribution in [0.2, 0.25) is 0 Å². The Morgan fingerprint density at radius 1 is 1.36 bits per heavy atom. The lowest BCUT2D eigenvalue weighted by molar-refractivity contribution is -0.131. The van der Waals surface area contributed by atoms with Crippen molar-refractivity contribution in [3.63, 3.8) is 0 Å². The van der Waals surface area contributed by atoms with Gasteiger partial charge in [0, 0.05) is 37.4 Å². The Kier molecular flexibility index (Phi) is 10.2. The summed E-state index contributed by atoms with van der Waals surface area (Å²) < 4.78 is 5.28. The summed E-state index contributed by atoms with van der Waals surface area (Å²) in [7, 11) is 1.67. The number of benzene rings is 1. The topological polar surface area (TPSA) is 67.6 Å². The van der Waals surface area contributed by atoms with Crippen molar-refractivity contribution in [3.8, 4) is 5.75 Å². The van der Waals surface area contributed by atoms with Crippen LogP contribution >= 0.6 is 24.8 Å². The predicted molar refractivity (Wildman–Crippen MR) is 108 cm³/mol. The standard InChI is InChI=1S/C18H29N3O2.2ClH/c1-4-18(5-2,13-19)17(22)20-14-9-10-21(12-14)15-7-6-8-16(11-15)23-3;;/h6-8,11,14H,4-5,9-10,12-13,19H2,1-3H3,(H,20,22);2*1H. The second kappa shape index (κ2) is 10.7. The van der Waals surface area contributed by atoms with E-state index in [1.165, 1.54) is 0 Å². The number of amides is 1. The molecular formula is C18H31Cl2N3O2. The van der Waals surface area contributed by atoms with E-state index >= 15 is 0 Å². The Bertz CT molecular complexity index is 531. The van der Waals surface area contributed by atoms with Gasteiger partial charge in [-0.3, -0.25) is 4.79 Å². The molecule has 1 amide bonds. The number of anilines is 1. The van der Waals surface area contributed by atoms with Crippen molar-refractivity contribution < 1.29 is 9.53 Å². The van der Waals surface area contributed by atoms with E-state index in [9.17, 15) is 4.79 Å². The van der Waals surface area contributed by atoms with E-state index in [4.69, 9.17) is 10.5 Å². The van der Waals surface area contributed by atoms with E-state index in [1.54, 1.807) is 7.11 Å². The molecule has 0 spiro atoms. The second-order valence-corrected chi connectivity index (χ2v) is 6.30. The highest BCUT2D eigenvalue weighted by molar-refractivity contribution is 5.85. The molecule has 0 saturated carbocycles. The molecule has 7 heteroatoms. The van der Waals surface area contributed by atoms with Crippen molar-refractivity contribution in [3.05, 3.63) is 24.3 Å². The van der Waals surface area contributed by atoms with Crippen molar-refractivity contribution >= 4 is 36.4 Å². The zero-order chi connectivity index (χ0) is 16.9. The third-order valence-electron chi connectivity index (χ3n) is 5.17. The third kappa shape index (κ3) is 5.40. The molecule has 0 bridgehead atoms. The molecular weight excluding hydrogens is 361 g/mol. The molecule has 1 atom stereocenters. The van der Waals surface area contributed by atoms with Crippen LogP contribution in [-0.4, -0.2) is 38.7 Å². The number of carbonyl (C=O) groups excluding carboxylic acids is 1.